The highest BCUT2D eigenvalue weighted by Crippen LogP contribution is 2.26. The van der Waals surface area contributed by atoms with Crippen molar-refractivity contribution in [1.29, 1.82) is 0 Å². The number of carbonyl (C=O) groups excluding carboxylic acids is 2. The van der Waals surface area contributed by atoms with Gasteiger partial charge in [-0.2, -0.15) is 0 Å². The standard InChI is InChI=1S/C31H39N3O4S/c1-23(2)21-32-31(36)26(5)33(19-18-27-12-8-6-9-13-27)30(35)22-34(28-17-16-24(3)25(4)20-28)39(37,38)29-14-10-7-11-15-29/h6-17,20,23,26H,18-19,21-22H2,1-5H3,(H,32,36)/t26-/m0/s1. The highest BCUT2D eigenvalue weighted by molar-refractivity contribution is 7.92. The molecule has 0 fully saturated rings. The summed E-state index contributed by atoms with van der Waals surface area (Å²) in [7, 11) is -4.06. The third-order valence-electron chi connectivity index (χ3n) is 6.72. The van der Waals surface area contributed by atoms with Gasteiger partial charge in [0, 0.05) is 13.1 Å². The number of amides is 2. The predicted octanol–water partition coefficient (Wildman–Crippen LogP) is 4.73. The lowest BCUT2D eigenvalue weighted by Crippen LogP contribution is -2.52. The fourth-order valence-electron chi connectivity index (χ4n) is 4.15. The van der Waals surface area contributed by atoms with Crippen molar-refractivity contribution >= 4 is 27.5 Å². The lowest BCUT2D eigenvalue weighted by molar-refractivity contribution is -0.138. The molecule has 0 radical (unpaired) electrons. The first-order valence-corrected chi connectivity index (χ1v) is 14.7. The van der Waals surface area contributed by atoms with Crippen LogP contribution in [0.4, 0.5) is 5.69 Å². The van der Waals surface area contributed by atoms with Crippen molar-refractivity contribution in [3.8, 4) is 0 Å². The number of sulfonamides is 1. The lowest BCUT2D eigenvalue weighted by atomic mass is 10.1. The predicted molar refractivity (Wildman–Crippen MR) is 156 cm³/mol. The van der Waals surface area contributed by atoms with Gasteiger partial charge in [0.05, 0.1) is 10.6 Å². The summed E-state index contributed by atoms with van der Waals surface area (Å²) in [6, 6.07) is 22.3. The normalized spacial score (nSPS) is 12.2. The van der Waals surface area contributed by atoms with E-state index in [-0.39, 0.29) is 23.3 Å². The molecule has 0 bridgehead atoms. The second-order valence-electron chi connectivity index (χ2n) is 10.2. The summed E-state index contributed by atoms with van der Waals surface area (Å²) in [5, 5.41) is 2.91. The number of benzene rings is 3. The molecule has 0 heterocycles. The molecule has 3 rings (SSSR count). The molecule has 0 saturated carbocycles. The van der Waals surface area contributed by atoms with Crippen LogP contribution in [0, 0.1) is 19.8 Å². The third kappa shape index (κ3) is 7.93. The van der Waals surface area contributed by atoms with E-state index < -0.39 is 28.5 Å². The van der Waals surface area contributed by atoms with Gasteiger partial charge in [-0.3, -0.25) is 13.9 Å². The van der Waals surface area contributed by atoms with E-state index in [0.717, 1.165) is 21.0 Å². The van der Waals surface area contributed by atoms with E-state index in [9.17, 15) is 18.0 Å². The van der Waals surface area contributed by atoms with E-state index in [2.05, 4.69) is 5.32 Å². The molecule has 3 aromatic carbocycles. The Labute approximate surface area is 232 Å². The van der Waals surface area contributed by atoms with Crippen molar-refractivity contribution in [1.82, 2.24) is 10.2 Å². The highest BCUT2D eigenvalue weighted by atomic mass is 32.2. The van der Waals surface area contributed by atoms with Crippen molar-refractivity contribution < 1.29 is 18.0 Å². The molecule has 7 nitrogen and oxygen atoms in total. The largest absolute Gasteiger partial charge is 0.354 e. The number of aryl methyl sites for hydroxylation is 2. The molecule has 39 heavy (non-hydrogen) atoms. The average molecular weight is 550 g/mol. The van der Waals surface area contributed by atoms with Gasteiger partial charge in [-0.15, -0.1) is 0 Å². The zero-order chi connectivity index (χ0) is 28.6. The maximum Gasteiger partial charge on any atom is 0.264 e. The second kappa shape index (κ2) is 13.4. The Morgan fingerprint density at radius 3 is 2.05 bits per heavy atom. The molecule has 1 N–H and O–H groups in total. The second-order valence-corrected chi connectivity index (χ2v) is 12.1. The Kier molecular flexibility index (Phi) is 10.3. The number of rotatable bonds is 12. The fourth-order valence-corrected chi connectivity index (χ4v) is 5.58. The summed E-state index contributed by atoms with van der Waals surface area (Å²) in [6.45, 7) is 9.86. The summed E-state index contributed by atoms with van der Waals surface area (Å²) in [4.78, 5) is 28.5. The summed E-state index contributed by atoms with van der Waals surface area (Å²) < 4.78 is 28.8. The molecule has 0 unspecified atom stereocenters. The minimum absolute atomic E-state index is 0.0922. The van der Waals surface area contributed by atoms with Gasteiger partial charge in [0.1, 0.15) is 12.6 Å². The maximum absolute atomic E-state index is 13.9. The average Bonchev–Trinajstić information content (AvgIpc) is 2.92. The molecule has 0 aliphatic carbocycles. The van der Waals surface area contributed by atoms with Gasteiger partial charge in [0.25, 0.3) is 10.0 Å². The van der Waals surface area contributed by atoms with Crippen LogP contribution in [0.25, 0.3) is 0 Å². The van der Waals surface area contributed by atoms with E-state index in [4.69, 9.17) is 0 Å². The van der Waals surface area contributed by atoms with E-state index in [1.807, 2.05) is 64.1 Å². The van der Waals surface area contributed by atoms with Crippen LogP contribution in [0.2, 0.25) is 0 Å². The van der Waals surface area contributed by atoms with Crippen LogP contribution in [0.1, 0.15) is 37.5 Å². The van der Waals surface area contributed by atoms with Crippen LogP contribution >= 0.6 is 0 Å². The van der Waals surface area contributed by atoms with Crippen molar-refractivity contribution in [3.05, 3.63) is 95.6 Å². The number of anilines is 1. The molecule has 0 saturated heterocycles. The topological polar surface area (TPSA) is 86.8 Å². The smallest absolute Gasteiger partial charge is 0.264 e. The summed E-state index contributed by atoms with van der Waals surface area (Å²) in [5.74, 6) is -0.462. The molecule has 2 amide bonds. The van der Waals surface area contributed by atoms with Crippen molar-refractivity contribution in [3.63, 3.8) is 0 Å². The minimum atomic E-state index is -4.06. The minimum Gasteiger partial charge on any atom is -0.354 e. The van der Waals surface area contributed by atoms with Crippen molar-refractivity contribution in [2.24, 2.45) is 5.92 Å². The molecule has 3 aromatic rings. The van der Waals surface area contributed by atoms with Crippen LogP contribution in [-0.4, -0.2) is 50.8 Å². The van der Waals surface area contributed by atoms with Crippen molar-refractivity contribution in [2.45, 2.75) is 52.0 Å². The Balaban J connectivity index is 1.97. The monoisotopic (exact) mass is 549 g/mol. The van der Waals surface area contributed by atoms with E-state index in [0.29, 0.717) is 18.7 Å². The van der Waals surface area contributed by atoms with E-state index in [1.165, 1.54) is 17.0 Å². The maximum atomic E-state index is 13.9. The number of nitrogens with one attached hydrogen (secondary N) is 1. The number of carbonyl (C=O) groups is 2. The first-order chi connectivity index (χ1) is 18.5. The van der Waals surface area contributed by atoms with Crippen LogP contribution in [0.15, 0.2) is 83.8 Å². The molecule has 8 heteroatoms. The lowest BCUT2D eigenvalue weighted by Gasteiger charge is -2.32. The van der Waals surface area contributed by atoms with Crippen LogP contribution in [0.3, 0.4) is 0 Å². The van der Waals surface area contributed by atoms with Crippen LogP contribution in [-0.2, 0) is 26.0 Å². The van der Waals surface area contributed by atoms with Crippen molar-refractivity contribution in [2.75, 3.05) is 23.9 Å². The quantitative estimate of drug-likeness (QED) is 0.354. The van der Waals surface area contributed by atoms with Gasteiger partial charge in [0.2, 0.25) is 11.8 Å². The van der Waals surface area contributed by atoms with Gasteiger partial charge < -0.3 is 10.2 Å². The Bertz CT molecular complexity index is 1360. The van der Waals surface area contributed by atoms with Gasteiger partial charge in [-0.05, 0) is 74.1 Å². The van der Waals surface area contributed by atoms with E-state index >= 15 is 0 Å². The third-order valence-corrected chi connectivity index (χ3v) is 8.51. The molecule has 0 spiro atoms. The highest BCUT2D eigenvalue weighted by Gasteiger charge is 2.32. The van der Waals surface area contributed by atoms with Gasteiger partial charge in [0.15, 0.2) is 0 Å². The number of nitrogens with zero attached hydrogens (tertiary/aromatic N) is 2. The van der Waals surface area contributed by atoms with E-state index in [1.54, 1.807) is 37.3 Å². The van der Waals surface area contributed by atoms with Crippen LogP contribution in [0.5, 0.6) is 0 Å². The molecule has 0 aliphatic rings. The zero-order valence-corrected chi connectivity index (χ0v) is 24.2. The first kappa shape index (κ1) is 29.9. The first-order valence-electron chi connectivity index (χ1n) is 13.3. The van der Waals surface area contributed by atoms with Gasteiger partial charge in [-0.25, -0.2) is 8.42 Å². The zero-order valence-electron chi connectivity index (χ0n) is 23.4. The molecule has 1 atom stereocenters. The molecule has 0 aliphatic heterocycles. The molecule has 0 aromatic heterocycles. The van der Waals surface area contributed by atoms with Gasteiger partial charge in [-0.1, -0.05) is 68.4 Å². The van der Waals surface area contributed by atoms with Crippen LogP contribution < -0.4 is 9.62 Å². The van der Waals surface area contributed by atoms with Gasteiger partial charge >= 0.3 is 0 Å². The Hall–Kier alpha value is -3.65. The Morgan fingerprint density at radius 1 is 0.846 bits per heavy atom. The Morgan fingerprint density at radius 2 is 1.46 bits per heavy atom. The summed E-state index contributed by atoms with van der Waals surface area (Å²) in [6.07, 6.45) is 0.531. The number of hydrogen-bond acceptors (Lipinski definition) is 4. The fraction of sp³-hybridized carbons (Fsp3) is 0.355. The number of hydrogen-bond donors (Lipinski definition) is 1. The summed E-state index contributed by atoms with van der Waals surface area (Å²) in [5.41, 5.74) is 3.35. The molecular weight excluding hydrogens is 510 g/mol. The SMILES string of the molecule is Cc1ccc(N(CC(=O)N(CCc2ccccc2)[C@@H](C)C(=O)NCC(C)C)S(=O)(=O)c2ccccc2)cc1C. The molecule has 208 valence electrons. The summed E-state index contributed by atoms with van der Waals surface area (Å²) >= 11 is 0. The molecular formula is C31H39N3O4S.